The van der Waals surface area contributed by atoms with Gasteiger partial charge in [0.15, 0.2) is 0 Å². The van der Waals surface area contributed by atoms with Crippen molar-refractivity contribution in [3.8, 4) is 48.8 Å². The van der Waals surface area contributed by atoms with E-state index in [4.69, 9.17) is 37.4 Å². The van der Waals surface area contributed by atoms with Crippen LogP contribution in [0.5, 0.6) is 0 Å². The maximum absolute atomic E-state index is 11.7. The molecule has 9 nitrogen and oxygen atoms in total. The van der Waals surface area contributed by atoms with E-state index in [1.165, 1.54) is 143 Å². The van der Waals surface area contributed by atoms with Crippen LogP contribution in [-0.2, 0) is 47.9 Å². The van der Waals surface area contributed by atoms with Crippen molar-refractivity contribution < 1.29 is 28.6 Å². The van der Waals surface area contributed by atoms with E-state index in [0.29, 0.717) is 38.5 Å². The highest BCUT2D eigenvalue weighted by atomic mass is 127. The second-order valence-electron chi connectivity index (χ2n) is 33.9. The average Bonchev–Trinajstić information content (AvgIpc) is 1.64. The van der Waals surface area contributed by atoms with Crippen LogP contribution in [0.15, 0.2) is 309 Å². The molecule has 0 saturated heterocycles. The van der Waals surface area contributed by atoms with Crippen LogP contribution in [0.25, 0.3) is 97.4 Å². The van der Waals surface area contributed by atoms with Crippen molar-refractivity contribution in [2.24, 2.45) is 0 Å². The summed E-state index contributed by atoms with van der Waals surface area (Å²) < 4.78 is 17.4. The van der Waals surface area contributed by atoms with E-state index in [0.717, 1.165) is 93.2 Å². The Kier molecular flexibility index (Phi) is 34.5. The van der Waals surface area contributed by atoms with Gasteiger partial charge in [-0.25, -0.2) is 0 Å². The molecule has 0 amide bonds. The number of benzene rings is 10. The standard InChI is InChI=1S/C68H60N2O4S4.C34H30ClNO2S2.C18H14ClIS2/c1-45-41-63(75-59(45)37-25-49-17-29-55(30-18-49)69(53-13-9-7-10-14-53)57-33-21-51(22-34-57)27-39-65(71)73-5)67-47(3)43-61(77-67)62-44-48(4)68(78-62)64-42-46(2)60(76-64)38-26-50-19-31-56(32-20-50)70(54-15-11-8-12-16-54)58-35-23-52(24-36-58)28-40-66(72)74-6;1-23-21-31(34-24(2)22-32(35)40-34)39-30(23)19-13-25-9-15-28(16-10-25)36(27-7-5-4-6-8-27)29-17-11-26(12-18-29)14-20-33(37)38-3;1-11-9-16(18-12(2)10-17(19)22-18)21-15(11)8-5-13-3-6-14(20)7-4-13/h7-26,29-38,41-44H,27-28,39-40H2,1-6H3;4-13,15-19,21-22H,14,20H2,1-3H3;3-10H,1-2H3/b37-25+,38-26+;19-13+;8-5+. The van der Waals surface area contributed by atoms with Gasteiger partial charge in [-0.2, -0.15) is 0 Å². The number of esters is 3. The van der Waals surface area contributed by atoms with E-state index >= 15 is 0 Å². The highest BCUT2D eigenvalue weighted by Crippen LogP contribution is 2.50. The lowest BCUT2D eigenvalue weighted by atomic mass is 10.1. The molecule has 0 unspecified atom stereocenters. The van der Waals surface area contributed by atoms with Crippen LogP contribution in [0.4, 0.5) is 51.2 Å². The number of methoxy groups -OCH3 is 3. The van der Waals surface area contributed by atoms with Crippen LogP contribution in [0, 0.1) is 59.0 Å². The Morgan fingerprint density at radius 1 is 0.257 bits per heavy atom. The van der Waals surface area contributed by atoms with Crippen LogP contribution in [-0.4, -0.2) is 39.2 Å². The third kappa shape index (κ3) is 26.0. The molecule has 8 heterocycles. The molecule has 0 aliphatic heterocycles. The van der Waals surface area contributed by atoms with E-state index in [9.17, 15) is 14.4 Å². The Morgan fingerprint density at radius 2 is 0.471 bits per heavy atom. The van der Waals surface area contributed by atoms with E-state index < -0.39 is 0 Å². The molecular weight excluding hydrogens is 2030 g/mol. The van der Waals surface area contributed by atoms with Gasteiger partial charge in [0.25, 0.3) is 0 Å². The molecule has 0 aliphatic rings. The molecule has 0 N–H and O–H groups in total. The normalized spacial score (nSPS) is 11.4. The molecule has 0 radical (unpaired) electrons. The zero-order valence-electron chi connectivity index (χ0n) is 79.5. The summed E-state index contributed by atoms with van der Waals surface area (Å²) in [5.74, 6) is -0.593. The number of anilines is 9. The fourth-order valence-corrected chi connectivity index (χ4v) is 26.5. The fourth-order valence-electron chi connectivity index (χ4n) is 16.2. The molecule has 0 atom stereocenters. The number of halogens is 3. The van der Waals surface area contributed by atoms with Crippen LogP contribution < -0.4 is 14.7 Å². The van der Waals surface area contributed by atoms with Crippen molar-refractivity contribution in [3.63, 3.8) is 0 Å². The van der Waals surface area contributed by atoms with Crippen LogP contribution >= 0.6 is 136 Å². The highest BCUT2D eigenvalue weighted by Gasteiger charge is 2.23. The highest BCUT2D eigenvalue weighted by molar-refractivity contribution is 14.1. The van der Waals surface area contributed by atoms with Crippen LogP contribution in [0.1, 0.15) is 122 Å². The first-order valence-corrected chi connectivity index (χ1v) is 54.3. The smallest absolute Gasteiger partial charge is 0.305 e. The van der Waals surface area contributed by atoms with E-state index in [2.05, 4.69) is 408 Å². The maximum atomic E-state index is 11.7. The lowest BCUT2D eigenvalue weighted by Crippen LogP contribution is -2.10. The number of aryl methyl sites for hydroxylation is 11. The summed E-state index contributed by atoms with van der Waals surface area (Å²) in [7, 11) is 4.28. The fraction of sp³-hybridized carbons (Fsp3) is 0.142. The molecule has 20 heteroatoms. The molecule has 0 bridgehead atoms. The van der Waals surface area contributed by atoms with Gasteiger partial charge >= 0.3 is 17.9 Å². The number of para-hydroxylation sites is 3. The van der Waals surface area contributed by atoms with E-state index in [1.807, 2.05) is 99.1 Å². The van der Waals surface area contributed by atoms with Gasteiger partial charge in [-0.1, -0.05) is 187 Å². The number of hydrogen-bond donors (Lipinski definition) is 0. The molecule has 0 fully saturated rings. The van der Waals surface area contributed by atoms with Crippen molar-refractivity contribution in [1.82, 2.24) is 0 Å². The second-order valence-corrected chi connectivity index (χ2v) is 45.0. The zero-order valence-corrected chi connectivity index (χ0v) is 89.7. The van der Waals surface area contributed by atoms with Gasteiger partial charge in [-0.05, 0) is 375 Å². The predicted molar refractivity (Wildman–Crippen MR) is 617 cm³/mol. The molecular formula is C120H104Cl2IN3O6S8. The number of thiophene rings is 8. The summed E-state index contributed by atoms with van der Waals surface area (Å²) >= 11 is 29.1. The Bertz CT molecular complexity index is 7160. The minimum absolute atomic E-state index is 0.193. The summed E-state index contributed by atoms with van der Waals surface area (Å²) in [6.45, 7) is 17.5. The van der Waals surface area contributed by atoms with Gasteiger partial charge in [0.2, 0.25) is 0 Å². The molecule has 8 aromatic heterocycles. The topological polar surface area (TPSA) is 88.6 Å². The van der Waals surface area contributed by atoms with Gasteiger partial charge in [-0.3, -0.25) is 14.4 Å². The van der Waals surface area contributed by atoms with Gasteiger partial charge in [-0.15, -0.1) is 90.7 Å². The molecule has 0 saturated carbocycles. The Balaban J connectivity index is 0.000000187. The molecule has 18 aromatic rings. The first kappa shape index (κ1) is 101. The Hall–Kier alpha value is -12.1. The van der Waals surface area contributed by atoms with Crippen molar-refractivity contribution in [2.45, 2.75) is 93.9 Å². The van der Waals surface area contributed by atoms with Crippen LogP contribution in [0.3, 0.4) is 0 Å². The SMILES string of the molecule is COC(=O)CCc1ccc(N(c2ccccc2)c2ccc(/C=C/c3sc(-c4sc(-c5cc(C)c(-c6cc(C)c(/C=C/c7ccc(N(c8ccccc8)c8ccc(CCC(=O)OC)cc8)cc7)s6)s5)cc4C)cc3C)cc2)cc1.COC(=O)CCc1ccc(N(c2ccccc2)c2ccc(/C=C/c3sc(-c4sc(Cl)cc4C)cc3C)cc2)cc1.Cc1cc(-c2sc(Cl)cc2C)sc1/C=C/c1ccc(I)cc1. The van der Waals surface area contributed by atoms with E-state index in [-0.39, 0.29) is 17.9 Å². The summed E-state index contributed by atoms with van der Waals surface area (Å²) in [5.41, 5.74) is 27.7. The maximum Gasteiger partial charge on any atom is 0.305 e. The third-order valence-corrected chi connectivity index (χ3v) is 35.4. The number of rotatable bonds is 31. The molecule has 704 valence electrons. The molecule has 10 aromatic carbocycles. The number of carbonyl (C=O) groups is 3. The van der Waals surface area contributed by atoms with Gasteiger partial charge < -0.3 is 28.9 Å². The Labute approximate surface area is 877 Å². The largest absolute Gasteiger partial charge is 0.469 e. The second kappa shape index (κ2) is 47.9. The first-order chi connectivity index (χ1) is 67.9. The number of ether oxygens (including phenoxy) is 3. The van der Waals surface area contributed by atoms with Crippen molar-refractivity contribution >= 4 is 254 Å². The van der Waals surface area contributed by atoms with Gasteiger partial charge in [0.05, 0.1) is 30.0 Å². The van der Waals surface area contributed by atoms with Crippen molar-refractivity contribution in [2.75, 3.05) is 36.0 Å². The minimum Gasteiger partial charge on any atom is -0.469 e. The van der Waals surface area contributed by atoms with Crippen molar-refractivity contribution in [1.29, 1.82) is 0 Å². The predicted octanol–water partition coefficient (Wildman–Crippen LogP) is 37.7. The number of carbonyl (C=O) groups excluding carboxylic acids is 3. The van der Waals surface area contributed by atoms with Gasteiger partial charge in [0.1, 0.15) is 0 Å². The summed E-state index contributed by atoms with van der Waals surface area (Å²) in [4.78, 5) is 59.8. The quantitative estimate of drug-likeness (QED) is 0.0239. The third-order valence-electron chi connectivity index (χ3n) is 23.8. The summed E-state index contributed by atoms with van der Waals surface area (Å²) in [6, 6.07) is 109. The lowest BCUT2D eigenvalue weighted by Gasteiger charge is -2.25. The average molecular weight is 2140 g/mol. The monoisotopic (exact) mass is 2140 g/mol. The van der Waals surface area contributed by atoms with E-state index in [1.54, 1.807) is 34.0 Å². The first-order valence-electron chi connectivity index (χ1n) is 45.9. The Morgan fingerprint density at radius 3 is 0.707 bits per heavy atom. The minimum atomic E-state index is -0.200. The summed E-state index contributed by atoms with van der Waals surface area (Å²) in [6.07, 6.45) is 20.7. The number of hydrogen-bond acceptors (Lipinski definition) is 17. The molecule has 0 aliphatic carbocycles. The van der Waals surface area contributed by atoms with Crippen LogP contribution in [0.2, 0.25) is 8.67 Å². The number of nitrogens with zero attached hydrogens (tertiary/aromatic N) is 3. The zero-order chi connectivity index (χ0) is 97.9. The van der Waals surface area contributed by atoms with Gasteiger partial charge in [0, 0.05) is 142 Å². The lowest BCUT2D eigenvalue weighted by molar-refractivity contribution is -0.141. The van der Waals surface area contributed by atoms with Crippen molar-refractivity contribution in [3.05, 3.63) is 425 Å². The summed E-state index contributed by atoms with van der Waals surface area (Å²) in [5, 5.41) is 0. The molecule has 140 heavy (non-hydrogen) atoms. The molecule has 0 spiro atoms. The molecule has 18 rings (SSSR count).